The van der Waals surface area contributed by atoms with E-state index in [1.165, 1.54) is 6.07 Å². The maximum atomic E-state index is 12.8. The first-order valence-corrected chi connectivity index (χ1v) is 5.73. The lowest BCUT2D eigenvalue weighted by Gasteiger charge is -2.06. The molecule has 1 heterocycles. The number of aromatic hydroxyl groups is 1. The highest BCUT2D eigenvalue weighted by molar-refractivity contribution is 5.96. The number of hydrogen-bond donors (Lipinski definition) is 2. The van der Waals surface area contributed by atoms with Gasteiger partial charge in [0.2, 0.25) is 0 Å². The van der Waals surface area contributed by atoms with Crippen molar-refractivity contribution < 1.29 is 14.3 Å². The summed E-state index contributed by atoms with van der Waals surface area (Å²) in [5, 5.41) is 16.3. The van der Waals surface area contributed by atoms with Gasteiger partial charge in [-0.1, -0.05) is 0 Å². The lowest BCUT2D eigenvalue weighted by molar-refractivity contribution is 0.0948. The summed E-state index contributed by atoms with van der Waals surface area (Å²) in [5.74, 6) is -1.42. The van der Waals surface area contributed by atoms with Gasteiger partial charge >= 0.3 is 0 Å². The summed E-state index contributed by atoms with van der Waals surface area (Å²) in [6.07, 6.45) is 1.81. The van der Waals surface area contributed by atoms with Crippen LogP contribution in [0.4, 0.5) is 4.39 Å². The molecule has 0 spiro atoms. The van der Waals surface area contributed by atoms with Gasteiger partial charge in [-0.25, -0.2) is 4.39 Å². The minimum Gasteiger partial charge on any atom is -0.507 e. The number of carbonyl (C=O) groups excluding carboxylic acids is 1. The number of rotatable bonds is 3. The third-order valence-corrected chi connectivity index (χ3v) is 2.76. The predicted molar refractivity (Wildman–Crippen MR) is 67.2 cm³/mol. The van der Waals surface area contributed by atoms with Crippen molar-refractivity contribution in [3.63, 3.8) is 0 Å². The Balaban J connectivity index is 2.07. The average molecular weight is 263 g/mol. The Morgan fingerprint density at radius 1 is 1.53 bits per heavy atom. The van der Waals surface area contributed by atoms with Crippen LogP contribution >= 0.6 is 0 Å². The number of aromatic nitrogens is 2. The van der Waals surface area contributed by atoms with Crippen LogP contribution in [0.15, 0.2) is 24.4 Å². The van der Waals surface area contributed by atoms with Gasteiger partial charge in [0.1, 0.15) is 11.6 Å². The number of phenolic OH excluding ortho intramolecular Hbond substituents is 1. The van der Waals surface area contributed by atoms with E-state index in [4.69, 9.17) is 0 Å². The maximum Gasteiger partial charge on any atom is 0.255 e. The number of aryl methyl sites for hydroxylation is 2. The van der Waals surface area contributed by atoms with Gasteiger partial charge in [-0.2, -0.15) is 5.10 Å². The van der Waals surface area contributed by atoms with Gasteiger partial charge in [0.15, 0.2) is 0 Å². The summed E-state index contributed by atoms with van der Waals surface area (Å²) in [6, 6.07) is 3.28. The SMILES string of the molecule is Cc1nn(C)cc1CNC(=O)c1ccc(F)cc1O. The van der Waals surface area contributed by atoms with Gasteiger partial charge < -0.3 is 10.4 Å². The minimum atomic E-state index is -0.586. The smallest absolute Gasteiger partial charge is 0.255 e. The number of carbonyl (C=O) groups is 1. The molecule has 5 nitrogen and oxygen atoms in total. The zero-order valence-electron chi connectivity index (χ0n) is 10.6. The van der Waals surface area contributed by atoms with E-state index in [9.17, 15) is 14.3 Å². The number of phenols is 1. The summed E-state index contributed by atoms with van der Waals surface area (Å²) in [6.45, 7) is 2.15. The Bertz CT molecular complexity index is 622. The van der Waals surface area contributed by atoms with Gasteiger partial charge in [-0.3, -0.25) is 9.48 Å². The lowest BCUT2D eigenvalue weighted by Crippen LogP contribution is -2.23. The lowest BCUT2D eigenvalue weighted by atomic mass is 10.1. The molecule has 100 valence electrons. The van der Waals surface area contributed by atoms with Gasteiger partial charge in [-0.15, -0.1) is 0 Å². The summed E-state index contributed by atoms with van der Waals surface area (Å²) >= 11 is 0. The molecule has 0 atom stereocenters. The average Bonchev–Trinajstić information content (AvgIpc) is 2.65. The molecule has 0 bridgehead atoms. The summed E-state index contributed by atoms with van der Waals surface area (Å²) < 4.78 is 14.5. The molecule has 1 aromatic heterocycles. The molecule has 0 unspecified atom stereocenters. The van der Waals surface area contributed by atoms with Crippen molar-refractivity contribution in [3.8, 4) is 5.75 Å². The Morgan fingerprint density at radius 3 is 2.84 bits per heavy atom. The van der Waals surface area contributed by atoms with E-state index in [2.05, 4.69) is 10.4 Å². The zero-order chi connectivity index (χ0) is 14.0. The first-order chi connectivity index (χ1) is 8.97. The summed E-state index contributed by atoms with van der Waals surface area (Å²) in [5.41, 5.74) is 1.76. The minimum absolute atomic E-state index is 0.0444. The van der Waals surface area contributed by atoms with Crippen molar-refractivity contribution in [2.45, 2.75) is 13.5 Å². The summed E-state index contributed by atoms with van der Waals surface area (Å²) in [4.78, 5) is 11.8. The fourth-order valence-corrected chi connectivity index (χ4v) is 1.79. The third kappa shape index (κ3) is 2.90. The zero-order valence-corrected chi connectivity index (χ0v) is 10.6. The normalized spacial score (nSPS) is 10.5. The van der Waals surface area contributed by atoms with E-state index in [1.807, 2.05) is 6.92 Å². The van der Waals surface area contributed by atoms with Crippen LogP contribution in [0.25, 0.3) is 0 Å². The second-order valence-electron chi connectivity index (χ2n) is 4.26. The van der Waals surface area contributed by atoms with E-state index in [0.29, 0.717) is 6.54 Å². The Morgan fingerprint density at radius 2 is 2.26 bits per heavy atom. The molecule has 2 rings (SSSR count). The maximum absolute atomic E-state index is 12.8. The number of hydrogen-bond acceptors (Lipinski definition) is 3. The van der Waals surface area contributed by atoms with Crippen LogP contribution in [0, 0.1) is 12.7 Å². The van der Waals surface area contributed by atoms with Gasteiger partial charge in [0.25, 0.3) is 5.91 Å². The predicted octanol–water partition coefficient (Wildman–Crippen LogP) is 1.50. The number of nitrogens with one attached hydrogen (secondary N) is 1. The quantitative estimate of drug-likeness (QED) is 0.882. The number of nitrogens with zero attached hydrogens (tertiary/aromatic N) is 2. The molecule has 0 saturated heterocycles. The van der Waals surface area contributed by atoms with Crippen molar-refractivity contribution >= 4 is 5.91 Å². The van der Waals surface area contributed by atoms with Crippen LogP contribution in [0.3, 0.4) is 0 Å². The molecular weight excluding hydrogens is 249 g/mol. The van der Waals surface area contributed by atoms with Crippen LogP contribution in [0.1, 0.15) is 21.6 Å². The summed E-state index contributed by atoms with van der Waals surface area (Å²) in [7, 11) is 1.80. The molecule has 0 aliphatic rings. The van der Waals surface area contributed by atoms with E-state index in [1.54, 1.807) is 17.9 Å². The van der Waals surface area contributed by atoms with Crippen molar-refractivity contribution in [3.05, 3.63) is 47.0 Å². The fraction of sp³-hybridized carbons (Fsp3) is 0.231. The van der Waals surface area contributed by atoms with Crippen LogP contribution in [-0.4, -0.2) is 20.8 Å². The molecule has 1 amide bonds. The van der Waals surface area contributed by atoms with Gasteiger partial charge in [0.05, 0.1) is 11.3 Å². The Kier molecular flexibility index (Phi) is 3.50. The molecule has 6 heteroatoms. The van der Waals surface area contributed by atoms with Crippen molar-refractivity contribution in [1.82, 2.24) is 15.1 Å². The number of halogens is 1. The van der Waals surface area contributed by atoms with Crippen LogP contribution < -0.4 is 5.32 Å². The second kappa shape index (κ2) is 5.09. The van der Waals surface area contributed by atoms with Crippen molar-refractivity contribution in [2.24, 2.45) is 7.05 Å². The molecule has 2 N–H and O–H groups in total. The molecule has 0 saturated carbocycles. The van der Waals surface area contributed by atoms with Gasteiger partial charge in [0, 0.05) is 31.4 Å². The van der Waals surface area contributed by atoms with Crippen molar-refractivity contribution in [2.75, 3.05) is 0 Å². The highest BCUT2D eigenvalue weighted by atomic mass is 19.1. The first-order valence-electron chi connectivity index (χ1n) is 5.73. The third-order valence-electron chi connectivity index (χ3n) is 2.76. The standard InChI is InChI=1S/C13H14FN3O2/c1-8-9(7-17(2)16-8)6-15-13(19)11-4-3-10(14)5-12(11)18/h3-5,7,18H,6H2,1-2H3,(H,15,19). The van der Waals surface area contributed by atoms with Crippen LogP contribution in [-0.2, 0) is 13.6 Å². The van der Waals surface area contributed by atoms with E-state index in [-0.39, 0.29) is 11.3 Å². The van der Waals surface area contributed by atoms with E-state index in [0.717, 1.165) is 23.4 Å². The Labute approximate surface area is 109 Å². The monoisotopic (exact) mass is 263 g/mol. The van der Waals surface area contributed by atoms with E-state index < -0.39 is 11.7 Å². The molecule has 0 fully saturated rings. The second-order valence-corrected chi connectivity index (χ2v) is 4.26. The molecule has 2 aromatic rings. The molecule has 19 heavy (non-hydrogen) atoms. The van der Waals surface area contributed by atoms with E-state index >= 15 is 0 Å². The van der Waals surface area contributed by atoms with Crippen LogP contribution in [0.2, 0.25) is 0 Å². The Hall–Kier alpha value is -2.37. The molecule has 1 aromatic carbocycles. The molecule has 0 aliphatic carbocycles. The highest BCUT2D eigenvalue weighted by Crippen LogP contribution is 2.18. The topological polar surface area (TPSA) is 67.2 Å². The largest absolute Gasteiger partial charge is 0.507 e. The number of amides is 1. The first kappa shape index (κ1) is 13.1. The molecule has 0 aliphatic heterocycles. The highest BCUT2D eigenvalue weighted by Gasteiger charge is 2.12. The molecule has 0 radical (unpaired) electrons. The fourth-order valence-electron chi connectivity index (χ4n) is 1.79. The molecular formula is C13H14FN3O2. The van der Waals surface area contributed by atoms with Crippen LogP contribution in [0.5, 0.6) is 5.75 Å². The number of benzene rings is 1. The van der Waals surface area contributed by atoms with Gasteiger partial charge in [-0.05, 0) is 19.1 Å². The van der Waals surface area contributed by atoms with Crippen molar-refractivity contribution in [1.29, 1.82) is 0 Å².